The van der Waals surface area contributed by atoms with Gasteiger partial charge >= 0.3 is 5.97 Å². The van der Waals surface area contributed by atoms with E-state index in [4.69, 9.17) is 0 Å². The van der Waals surface area contributed by atoms with Gasteiger partial charge in [0.2, 0.25) is 11.8 Å². The zero-order valence-electron chi connectivity index (χ0n) is 12.8. The van der Waals surface area contributed by atoms with Crippen LogP contribution in [-0.2, 0) is 20.8 Å². The van der Waals surface area contributed by atoms with Crippen molar-refractivity contribution in [3.05, 3.63) is 35.6 Å². The van der Waals surface area contributed by atoms with Crippen molar-refractivity contribution in [3.8, 4) is 0 Å². The summed E-state index contributed by atoms with van der Waals surface area (Å²) in [5, 5.41) is 11.8. The Morgan fingerprint density at radius 2 is 1.91 bits per heavy atom. The molecule has 1 fully saturated rings. The summed E-state index contributed by atoms with van der Waals surface area (Å²) in [5.41, 5.74) is 0.600. The number of nitrogens with zero attached hydrogens (tertiary/aromatic N) is 1. The number of carbonyl (C=O) groups is 3. The van der Waals surface area contributed by atoms with Gasteiger partial charge in [0.05, 0.1) is 12.3 Å². The number of rotatable bonds is 4. The van der Waals surface area contributed by atoms with E-state index in [0.29, 0.717) is 12.0 Å². The Morgan fingerprint density at radius 3 is 2.48 bits per heavy atom. The van der Waals surface area contributed by atoms with Gasteiger partial charge < -0.3 is 15.3 Å². The first-order valence-electron chi connectivity index (χ1n) is 7.40. The van der Waals surface area contributed by atoms with Gasteiger partial charge in [0, 0.05) is 13.6 Å². The van der Waals surface area contributed by atoms with E-state index in [1.165, 1.54) is 36.2 Å². The lowest BCUT2D eigenvalue weighted by atomic mass is 9.91. The van der Waals surface area contributed by atoms with E-state index >= 15 is 0 Å². The fourth-order valence-corrected chi connectivity index (χ4v) is 2.80. The molecule has 0 unspecified atom stereocenters. The molecule has 0 saturated carbocycles. The molecule has 2 amide bonds. The number of hydrogen-bond donors (Lipinski definition) is 2. The molecule has 2 N–H and O–H groups in total. The minimum Gasteiger partial charge on any atom is -0.480 e. The molecule has 1 aliphatic heterocycles. The molecule has 2 rings (SSSR count). The summed E-state index contributed by atoms with van der Waals surface area (Å²) in [5.74, 6) is -2.46. The van der Waals surface area contributed by atoms with E-state index in [9.17, 15) is 23.9 Å². The maximum Gasteiger partial charge on any atom is 0.326 e. The number of carbonyl (C=O) groups excluding carboxylic acids is 2. The first-order chi connectivity index (χ1) is 10.9. The van der Waals surface area contributed by atoms with Crippen molar-refractivity contribution in [1.82, 2.24) is 10.2 Å². The third kappa shape index (κ3) is 4.06. The van der Waals surface area contributed by atoms with Crippen LogP contribution < -0.4 is 5.32 Å². The fraction of sp³-hybridized carbons (Fsp3) is 0.438. The number of likely N-dealkylation sites (tertiary alicyclic amines) is 1. The molecule has 0 spiro atoms. The molecule has 124 valence electrons. The number of benzene rings is 1. The molecule has 0 aromatic heterocycles. The average Bonchev–Trinajstić information content (AvgIpc) is 2.55. The van der Waals surface area contributed by atoms with E-state index in [2.05, 4.69) is 5.32 Å². The fourth-order valence-electron chi connectivity index (χ4n) is 2.80. The summed E-state index contributed by atoms with van der Waals surface area (Å²) < 4.78 is 12.9. The van der Waals surface area contributed by atoms with Crippen molar-refractivity contribution < 1.29 is 23.9 Å². The number of nitrogens with one attached hydrogen (secondary N) is 1. The molecule has 6 nitrogen and oxygen atoms in total. The Morgan fingerprint density at radius 1 is 1.26 bits per heavy atom. The molecule has 23 heavy (non-hydrogen) atoms. The van der Waals surface area contributed by atoms with Crippen LogP contribution in [0.25, 0.3) is 0 Å². The summed E-state index contributed by atoms with van der Waals surface area (Å²) in [6, 6.07) is 4.55. The predicted molar refractivity (Wildman–Crippen MR) is 80.0 cm³/mol. The highest BCUT2D eigenvalue weighted by atomic mass is 19.1. The quantitative estimate of drug-likeness (QED) is 0.859. The average molecular weight is 322 g/mol. The van der Waals surface area contributed by atoms with Crippen LogP contribution >= 0.6 is 0 Å². The maximum atomic E-state index is 12.9. The summed E-state index contributed by atoms with van der Waals surface area (Å²) in [7, 11) is 1.51. The largest absolute Gasteiger partial charge is 0.480 e. The van der Waals surface area contributed by atoms with Gasteiger partial charge in [0.1, 0.15) is 11.9 Å². The van der Waals surface area contributed by atoms with E-state index in [-0.39, 0.29) is 31.2 Å². The summed E-state index contributed by atoms with van der Waals surface area (Å²) in [6.45, 7) is 0.0800. The molecule has 1 aromatic carbocycles. The van der Waals surface area contributed by atoms with Crippen LogP contribution in [0.4, 0.5) is 4.39 Å². The van der Waals surface area contributed by atoms with E-state index in [1.54, 1.807) is 0 Å². The second-order valence-corrected chi connectivity index (χ2v) is 5.59. The van der Waals surface area contributed by atoms with Crippen molar-refractivity contribution in [2.75, 3.05) is 13.6 Å². The normalized spacial score (nSPS) is 20.9. The van der Waals surface area contributed by atoms with Crippen LogP contribution in [0.2, 0.25) is 0 Å². The van der Waals surface area contributed by atoms with Crippen LogP contribution in [0.3, 0.4) is 0 Å². The lowest BCUT2D eigenvalue weighted by molar-refractivity contribution is -0.154. The summed E-state index contributed by atoms with van der Waals surface area (Å²) in [6.07, 6.45) is 0.643. The number of piperidine rings is 1. The molecule has 0 radical (unpaired) electrons. The minimum absolute atomic E-state index is 0.0233. The van der Waals surface area contributed by atoms with Gasteiger partial charge in [-0.05, 0) is 30.5 Å². The standard InChI is InChI=1S/C16H19FN2O4/c1-18-15(21)11-4-7-13(16(22)23)19(9-11)14(20)8-10-2-5-12(17)6-3-10/h2-3,5-6,11,13H,4,7-9H2,1H3,(H,18,21)(H,22,23)/t11-,13-/m0/s1. The SMILES string of the molecule is CNC(=O)[C@H]1CC[C@@H](C(=O)O)N(C(=O)Cc2ccc(F)cc2)C1. The van der Waals surface area contributed by atoms with Gasteiger partial charge in [-0.25, -0.2) is 9.18 Å². The van der Waals surface area contributed by atoms with Gasteiger partial charge in [0.15, 0.2) is 0 Å². The van der Waals surface area contributed by atoms with Gasteiger partial charge in [0.25, 0.3) is 0 Å². The summed E-state index contributed by atoms with van der Waals surface area (Å²) in [4.78, 5) is 36.8. The highest BCUT2D eigenvalue weighted by Gasteiger charge is 2.37. The van der Waals surface area contributed by atoms with Crippen molar-refractivity contribution in [3.63, 3.8) is 0 Å². The number of hydrogen-bond acceptors (Lipinski definition) is 3. The number of carboxylic acids is 1. The lowest BCUT2D eigenvalue weighted by Gasteiger charge is -2.36. The molecule has 1 saturated heterocycles. The molecule has 1 aliphatic rings. The first kappa shape index (κ1) is 16.9. The van der Waals surface area contributed by atoms with Crippen LogP contribution in [-0.4, -0.2) is 47.4 Å². The topological polar surface area (TPSA) is 86.7 Å². The zero-order chi connectivity index (χ0) is 17.0. The minimum atomic E-state index is -1.08. The Hall–Kier alpha value is -2.44. The Bertz CT molecular complexity index is 603. The molecular formula is C16H19FN2O4. The van der Waals surface area contributed by atoms with Gasteiger partial charge in [-0.3, -0.25) is 9.59 Å². The number of aliphatic carboxylic acids is 1. The Labute approximate surface area is 133 Å². The number of amides is 2. The highest BCUT2D eigenvalue weighted by molar-refractivity contribution is 5.87. The maximum absolute atomic E-state index is 12.9. The van der Waals surface area contributed by atoms with E-state index in [0.717, 1.165) is 0 Å². The molecule has 2 atom stereocenters. The molecular weight excluding hydrogens is 303 g/mol. The second kappa shape index (κ2) is 7.21. The van der Waals surface area contributed by atoms with Crippen molar-refractivity contribution in [1.29, 1.82) is 0 Å². The summed E-state index contributed by atoms with van der Waals surface area (Å²) >= 11 is 0. The van der Waals surface area contributed by atoms with E-state index < -0.39 is 23.7 Å². The Balaban J connectivity index is 2.13. The van der Waals surface area contributed by atoms with Crippen LogP contribution in [0.15, 0.2) is 24.3 Å². The second-order valence-electron chi connectivity index (χ2n) is 5.59. The smallest absolute Gasteiger partial charge is 0.326 e. The monoisotopic (exact) mass is 322 g/mol. The van der Waals surface area contributed by atoms with Crippen molar-refractivity contribution >= 4 is 17.8 Å². The molecule has 1 aromatic rings. The van der Waals surface area contributed by atoms with Gasteiger partial charge in [-0.1, -0.05) is 12.1 Å². The predicted octanol–water partition coefficient (Wildman–Crippen LogP) is 0.806. The van der Waals surface area contributed by atoms with Crippen LogP contribution in [0.1, 0.15) is 18.4 Å². The number of halogens is 1. The van der Waals surface area contributed by atoms with Crippen molar-refractivity contribution in [2.24, 2.45) is 5.92 Å². The molecule has 0 aliphatic carbocycles. The van der Waals surface area contributed by atoms with E-state index in [1.807, 2.05) is 0 Å². The molecule has 0 bridgehead atoms. The lowest BCUT2D eigenvalue weighted by Crippen LogP contribution is -2.53. The van der Waals surface area contributed by atoms with Crippen LogP contribution in [0.5, 0.6) is 0 Å². The third-order valence-electron chi connectivity index (χ3n) is 4.07. The highest BCUT2D eigenvalue weighted by Crippen LogP contribution is 2.23. The van der Waals surface area contributed by atoms with Crippen molar-refractivity contribution in [2.45, 2.75) is 25.3 Å². The number of carboxylic acid groups (broad SMARTS) is 1. The third-order valence-corrected chi connectivity index (χ3v) is 4.07. The van der Waals surface area contributed by atoms with Crippen LogP contribution in [0, 0.1) is 11.7 Å². The Kier molecular flexibility index (Phi) is 5.31. The first-order valence-corrected chi connectivity index (χ1v) is 7.40. The molecule has 7 heteroatoms. The molecule has 1 heterocycles. The van der Waals surface area contributed by atoms with Gasteiger partial charge in [-0.15, -0.1) is 0 Å². The zero-order valence-corrected chi connectivity index (χ0v) is 12.8. The van der Waals surface area contributed by atoms with Gasteiger partial charge in [-0.2, -0.15) is 0 Å².